The highest BCUT2D eigenvalue weighted by molar-refractivity contribution is 5.22. The lowest BCUT2D eigenvalue weighted by atomic mass is 9.80. The minimum atomic E-state index is 0.648. The number of benzene rings is 1. The Morgan fingerprint density at radius 1 is 1.35 bits per heavy atom. The molecule has 1 atom stereocenters. The zero-order chi connectivity index (χ0) is 12.1. The molecule has 2 heteroatoms. The van der Waals surface area contributed by atoms with Gasteiger partial charge in [-0.15, -0.1) is 0 Å². The smallest absolute Gasteiger partial charge is 0.0713 e. The van der Waals surface area contributed by atoms with Crippen molar-refractivity contribution in [3.05, 3.63) is 35.4 Å². The van der Waals surface area contributed by atoms with Gasteiger partial charge in [-0.2, -0.15) is 0 Å². The van der Waals surface area contributed by atoms with Gasteiger partial charge in [0.25, 0.3) is 0 Å². The van der Waals surface area contributed by atoms with Gasteiger partial charge in [0.15, 0.2) is 0 Å². The SMILES string of the molecule is COCc1cccc(CNC(C)C2CCC2)c1. The molecule has 2 rings (SSSR count). The molecule has 94 valence electrons. The second kappa shape index (κ2) is 6.18. The van der Waals surface area contributed by atoms with Crippen LogP contribution in [0.15, 0.2) is 24.3 Å². The van der Waals surface area contributed by atoms with Crippen molar-refractivity contribution in [3.63, 3.8) is 0 Å². The van der Waals surface area contributed by atoms with Gasteiger partial charge in [-0.05, 0) is 36.8 Å². The van der Waals surface area contributed by atoms with Crippen LogP contribution in [0.5, 0.6) is 0 Å². The molecule has 1 aromatic rings. The van der Waals surface area contributed by atoms with Gasteiger partial charge in [-0.3, -0.25) is 0 Å². The van der Waals surface area contributed by atoms with Gasteiger partial charge < -0.3 is 10.1 Å². The monoisotopic (exact) mass is 233 g/mol. The van der Waals surface area contributed by atoms with Crippen LogP contribution in [0.2, 0.25) is 0 Å². The summed E-state index contributed by atoms with van der Waals surface area (Å²) >= 11 is 0. The molecule has 0 saturated heterocycles. The van der Waals surface area contributed by atoms with Crippen molar-refractivity contribution in [1.82, 2.24) is 5.32 Å². The van der Waals surface area contributed by atoms with Crippen molar-refractivity contribution >= 4 is 0 Å². The summed E-state index contributed by atoms with van der Waals surface area (Å²) in [5.74, 6) is 0.900. The third-order valence-electron chi connectivity index (χ3n) is 3.79. The average molecular weight is 233 g/mol. The Morgan fingerprint density at radius 3 is 2.76 bits per heavy atom. The molecule has 1 unspecified atom stereocenters. The number of methoxy groups -OCH3 is 1. The standard InChI is InChI=1S/C15H23NO/c1-12(15-7-4-8-15)16-10-13-5-3-6-14(9-13)11-17-2/h3,5-6,9,12,15-16H,4,7-8,10-11H2,1-2H3. The number of hydrogen-bond donors (Lipinski definition) is 1. The first-order valence-electron chi connectivity index (χ1n) is 6.59. The molecular weight excluding hydrogens is 210 g/mol. The van der Waals surface area contributed by atoms with Gasteiger partial charge in [0, 0.05) is 19.7 Å². The highest BCUT2D eigenvalue weighted by Crippen LogP contribution is 2.29. The summed E-state index contributed by atoms with van der Waals surface area (Å²) in [5, 5.41) is 3.63. The molecule has 1 aliphatic rings. The van der Waals surface area contributed by atoms with E-state index in [1.165, 1.54) is 30.4 Å². The normalized spacial score (nSPS) is 17.8. The van der Waals surface area contributed by atoms with Crippen molar-refractivity contribution in [2.24, 2.45) is 5.92 Å². The van der Waals surface area contributed by atoms with E-state index in [1.54, 1.807) is 7.11 Å². The molecule has 1 saturated carbocycles. The molecule has 0 spiro atoms. The molecule has 0 amide bonds. The topological polar surface area (TPSA) is 21.3 Å². The van der Waals surface area contributed by atoms with Crippen LogP contribution in [0, 0.1) is 5.92 Å². The predicted molar refractivity (Wildman–Crippen MR) is 70.8 cm³/mol. The molecular formula is C15H23NO. The molecule has 0 bridgehead atoms. The summed E-state index contributed by atoms with van der Waals surface area (Å²) < 4.78 is 5.15. The predicted octanol–water partition coefficient (Wildman–Crippen LogP) is 3.11. The number of nitrogens with one attached hydrogen (secondary N) is 1. The maximum absolute atomic E-state index is 5.15. The maximum Gasteiger partial charge on any atom is 0.0713 e. The lowest BCUT2D eigenvalue weighted by Gasteiger charge is -2.32. The van der Waals surface area contributed by atoms with Gasteiger partial charge >= 0.3 is 0 Å². The molecule has 0 aliphatic heterocycles. The van der Waals surface area contributed by atoms with Crippen molar-refractivity contribution in [2.45, 2.75) is 45.4 Å². The molecule has 0 aromatic heterocycles. The quantitative estimate of drug-likeness (QED) is 0.815. The lowest BCUT2D eigenvalue weighted by Crippen LogP contribution is -2.36. The van der Waals surface area contributed by atoms with E-state index in [0.29, 0.717) is 12.6 Å². The van der Waals surface area contributed by atoms with E-state index in [2.05, 4.69) is 36.5 Å². The van der Waals surface area contributed by atoms with E-state index in [0.717, 1.165) is 12.5 Å². The summed E-state index contributed by atoms with van der Waals surface area (Å²) in [5.41, 5.74) is 2.61. The number of ether oxygens (including phenoxy) is 1. The number of hydrogen-bond acceptors (Lipinski definition) is 2. The molecule has 1 aromatic carbocycles. The van der Waals surface area contributed by atoms with E-state index < -0.39 is 0 Å². The fourth-order valence-electron chi connectivity index (χ4n) is 2.38. The Labute approximate surface area is 104 Å². The van der Waals surface area contributed by atoms with Gasteiger partial charge in [0.1, 0.15) is 0 Å². The Morgan fingerprint density at radius 2 is 2.12 bits per heavy atom. The second-order valence-corrected chi connectivity index (χ2v) is 5.11. The average Bonchev–Trinajstić information content (AvgIpc) is 2.25. The number of rotatable bonds is 6. The van der Waals surface area contributed by atoms with Crippen molar-refractivity contribution in [1.29, 1.82) is 0 Å². The fourth-order valence-corrected chi connectivity index (χ4v) is 2.38. The first-order chi connectivity index (χ1) is 8.29. The Bertz CT molecular complexity index is 347. The van der Waals surface area contributed by atoms with Crippen molar-refractivity contribution in [3.8, 4) is 0 Å². The van der Waals surface area contributed by atoms with Crippen LogP contribution < -0.4 is 5.32 Å². The summed E-state index contributed by atoms with van der Waals surface area (Å²) in [6, 6.07) is 9.28. The van der Waals surface area contributed by atoms with Crippen LogP contribution in [-0.4, -0.2) is 13.2 Å². The summed E-state index contributed by atoms with van der Waals surface area (Å²) in [6.45, 7) is 3.98. The van der Waals surface area contributed by atoms with E-state index in [4.69, 9.17) is 4.74 Å². The molecule has 0 heterocycles. The third-order valence-corrected chi connectivity index (χ3v) is 3.79. The van der Waals surface area contributed by atoms with Crippen LogP contribution in [0.4, 0.5) is 0 Å². The molecule has 0 radical (unpaired) electrons. The summed E-state index contributed by atoms with van der Waals surface area (Å²) in [7, 11) is 1.74. The van der Waals surface area contributed by atoms with E-state index in [1.807, 2.05) is 0 Å². The first kappa shape index (κ1) is 12.6. The minimum absolute atomic E-state index is 0.648. The largest absolute Gasteiger partial charge is 0.380 e. The summed E-state index contributed by atoms with van der Waals surface area (Å²) in [4.78, 5) is 0. The molecule has 1 N–H and O–H groups in total. The minimum Gasteiger partial charge on any atom is -0.380 e. The van der Waals surface area contributed by atoms with E-state index in [-0.39, 0.29) is 0 Å². The van der Waals surface area contributed by atoms with Crippen molar-refractivity contribution in [2.75, 3.05) is 7.11 Å². The van der Waals surface area contributed by atoms with Gasteiger partial charge in [-0.1, -0.05) is 30.7 Å². The highest BCUT2D eigenvalue weighted by atomic mass is 16.5. The first-order valence-corrected chi connectivity index (χ1v) is 6.59. The molecule has 1 fully saturated rings. The zero-order valence-corrected chi connectivity index (χ0v) is 10.9. The van der Waals surface area contributed by atoms with Crippen LogP contribution >= 0.6 is 0 Å². The third kappa shape index (κ3) is 3.55. The van der Waals surface area contributed by atoms with Crippen molar-refractivity contribution < 1.29 is 4.74 Å². The molecule has 2 nitrogen and oxygen atoms in total. The zero-order valence-electron chi connectivity index (χ0n) is 10.9. The van der Waals surface area contributed by atoms with Crippen LogP contribution in [-0.2, 0) is 17.9 Å². The van der Waals surface area contributed by atoms with E-state index >= 15 is 0 Å². The Kier molecular flexibility index (Phi) is 4.57. The van der Waals surface area contributed by atoms with Gasteiger partial charge in [0.2, 0.25) is 0 Å². The van der Waals surface area contributed by atoms with E-state index in [9.17, 15) is 0 Å². The summed E-state index contributed by atoms with van der Waals surface area (Å²) in [6.07, 6.45) is 4.22. The van der Waals surface area contributed by atoms with Gasteiger partial charge in [0.05, 0.1) is 6.61 Å². The van der Waals surface area contributed by atoms with Crippen LogP contribution in [0.25, 0.3) is 0 Å². The van der Waals surface area contributed by atoms with Gasteiger partial charge in [-0.25, -0.2) is 0 Å². The van der Waals surface area contributed by atoms with Crippen LogP contribution in [0.1, 0.15) is 37.3 Å². The van der Waals surface area contributed by atoms with Crippen LogP contribution in [0.3, 0.4) is 0 Å². The molecule has 17 heavy (non-hydrogen) atoms. The second-order valence-electron chi connectivity index (χ2n) is 5.11. The Balaban J connectivity index is 1.82. The lowest BCUT2D eigenvalue weighted by molar-refractivity contribution is 0.185. The Hall–Kier alpha value is -0.860. The molecule has 1 aliphatic carbocycles. The fraction of sp³-hybridized carbons (Fsp3) is 0.600. The highest BCUT2D eigenvalue weighted by Gasteiger charge is 2.23. The maximum atomic E-state index is 5.15.